The highest BCUT2D eigenvalue weighted by molar-refractivity contribution is 7.11. The van der Waals surface area contributed by atoms with Crippen LogP contribution in [0.5, 0.6) is 10.9 Å². The molecule has 2 aromatic heterocycles. The zero-order valence-electron chi connectivity index (χ0n) is 13.0. The normalized spacial score (nSPS) is 10.6. The molecular formula is C19H13N3O2S. The van der Waals surface area contributed by atoms with Gasteiger partial charge in [0.15, 0.2) is 0 Å². The highest BCUT2D eigenvalue weighted by atomic mass is 32.1. The minimum atomic E-state index is -0.177. The number of benzene rings is 2. The molecule has 0 bridgehead atoms. The summed E-state index contributed by atoms with van der Waals surface area (Å²) in [5.41, 5.74) is 2.18. The van der Waals surface area contributed by atoms with E-state index < -0.39 is 0 Å². The Morgan fingerprint density at radius 1 is 1.00 bits per heavy atom. The minimum Gasteiger partial charge on any atom is -0.431 e. The van der Waals surface area contributed by atoms with E-state index in [0.29, 0.717) is 16.5 Å². The Bertz CT molecular complexity index is 1010. The third-order valence-corrected chi connectivity index (χ3v) is 4.24. The molecule has 5 nitrogen and oxygen atoms in total. The first-order chi connectivity index (χ1) is 12.3. The second kappa shape index (κ2) is 6.70. The number of amides is 1. The molecule has 0 aliphatic rings. The molecule has 1 N–H and O–H groups in total. The molecule has 6 heteroatoms. The van der Waals surface area contributed by atoms with Gasteiger partial charge in [0.25, 0.3) is 11.1 Å². The first-order valence-corrected chi connectivity index (χ1v) is 8.49. The van der Waals surface area contributed by atoms with Crippen molar-refractivity contribution in [3.05, 3.63) is 77.9 Å². The molecule has 0 aliphatic heterocycles. The van der Waals surface area contributed by atoms with Gasteiger partial charge < -0.3 is 10.1 Å². The quantitative estimate of drug-likeness (QED) is 0.579. The standard InChI is InChI=1S/C19H13N3O2S/c23-18(22-15-5-8-17-14(12-15)2-1-9-20-17)13-3-6-16(7-4-13)24-19-21-10-11-25-19/h1-12H,(H,22,23). The molecule has 0 spiro atoms. The van der Waals surface area contributed by atoms with Crippen molar-refractivity contribution in [2.45, 2.75) is 0 Å². The molecule has 0 saturated heterocycles. The van der Waals surface area contributed by atoms with Crippen LogP contribution in [0.2, 0.25) is 0 Å². The van der Waals surface area contributed by atoms with Gasteiger partial charge in [0.2, 0.25) is 0 Å². The molecule has 2 heterocycles. The largest absolute Gasteiger partial charge is 0.431 e. The van der Waals surface area contributed by atoms with Crippen LogP contribution in [0.25, 0.3) is 10.9 Å². The number of fused-ring (bicyclic) bond motifs is 1. The molecule has 0 saturated carbocycles. The predicted molar refractivity (Wildman–Crippen MR) is 98.3 cm³/mol. The maximum Gasteiger partial charge on any atom is 0.278 e. The molecule has 25 heavy (non-hydrogen) atoms. The van der Waals surface area contributed by atoms with E-state index in [4.69, 9.17) is 4.74 Å². The Hall–Kier alpha value is -3.25. The zero-order valence-corrected chi connectivity index (χ0v) is 13.9. The fourth-order valence-electron chi connectivity index (χ4n) is 2.39. The molecule has 4 rings (SSSR count). The van der Waals surface area contributed by atoms with Crippen LogP contribution in [0.4, 0.5) is 5.69 Å². The van der Waals surface area contributed by atoms with Gasteiger partial charge in [-0.3, -0.25) is 9.78 Å². The van der Waals surface area contributed by atoms with E-state index in [1.165, 1.54) is 11.3 Å². The molecule has 122 valence electrons. The number of carbonyl (C=O) groups is 1. The second-order valence-corrected chi connectivity index (χ2v) is 6.15. The zero-order chi connectivity index (χ0) is 17.1. The van der Waals surface area contributed by atoms with Crippen molar-refractivity contribution in [2.24, 2.45) is 0 Å². The fourth-order valence-corrected chi connectivity index (χ4v) is 2.90. The van der Waals surface area contributed by atoms with Crippen LogP contribution in [0.3, 0.4) is 0 Å². The maximum atomic E-state index is 12.4. The molecule has 2 aromatic carbocycles. The lowest BCUT2D eigenvalue weighted by atomic mass is 10.1. The number of rotatable bonds is 4. The Morgan fingerprint density at radius 3 is 2.68 bits per heavy atom. The number of thiazole rings is 1. The number of anilines is 1. The van der Waals surface area contributed by atoms with Gasteiger partial charge in [-0.25, -0.2) is 4.98 Å². The first kappa shape index (κ1) is 15.3. The summed E-state index contributed by atoms with van der Waals surface area (Å²) in [6.07, 6.45) is 3.43. The van der Waals surface area contributed by atoms with E-state index in [1.807, 2.05) is 35.7 Å². The third kappa shape index (κ3) is 3.49. The van der Waals surface area contributed by atoms with Crippen LogP contribution in [-0.2, 0) is 0 Å². The van der Waals surface area contributed by atoms with Crippen molar-refractivity contribution in [1.29, 1.82) is 0 Å². The second-order valence-electron chi connectivity index (χ2n) is 5.29. The minimum absolute atomic E-state index is 0.177. The number of carbonyl (C=O) groups excluding carboxylic acids is 1. The molecule has 0 atom stereocenters. The highest BCUT2D eigenvalue weighted by Crippen LogP contribution is 2.24. The number of ether oxygens (including phenoxy) is 1. The van der Waals surface area contributed by atoms with Crippen LogP contribution in [-0.4, -0.2) is 15.9 Å². The Kier molecular flexibility index (Phi) is 4.10. The summed E-state index contributed by atoms with van der Waals surface area (Å²) in [4.78, 5) is 20.7. The van der Waals surface area contributed by atoms with E-state index in [-0.39, 0.29) is 5.91 Å². The van der Waals surface area contributed by atoms with Crippen molar-refractivity contribution in [3.8, 4) is 10.9 Å². The van der Waals surface area contributed by atoms with Crippen molar-refractivity contribution >= 4 is 33.8 Å². The predicted octanol–water partition coefficient (Wildman–Crippen LogP) is 4.74. The Morgan fingerprint density at radius 2 is 1.88 bits per heavy atom. The van der Waals surface area contributed by atoms with Gasteiger partial charge in [-0.2, -0.15) is 0 Å². The summed E-state index contributed by atoms with van der Waals surface area (Å²) >= 11 is 1.41. The molecule has 0 radical (unpaired) electrons. The Balaban J connectivity index is 1.48. The van der Waals surface area contributed by atoms with Gasteiger partial charge in [0.05, 0.1) is 5.52 Å². The van der Waals surface area contributed by atoms with Crippen LogP contribution in [0.1, 0.15) is 10.4 Å². The molecular weight excluding hydrogens is 334 g/mol. The Labute approximate surface area is 147 Å². The average Bonchev–Trinajstić information content (AvgIpc) is 3.15. The van der Waals surface area contributed by atoms with Crippen molar-refractivity contribution in [1.82, 2.24) is 9.97 Å². The summed E-state index contributed by atoms with van der Waals surface area (Å²) in [5, 5.41) is 6.29. The van der Waals surface area contributed by atoms with E-state index in [1.54, 1.807) is 36.7 Å². The number of hydrogen-bond donors (Lipinski definition) is 1. The summed E-state index contributed by atoms with van der Waals surface area (Å²) in [5.74, 6) is 0.465. The number of hydrogen-bond acceptors (Lipinski definition) is 5. The molecule has 4 aromatic rings. The van der Waals surface area contributed by atoms with Crippen molar-refractivity contribution in [2.75, 3.05) is 5.32 Å². The lowest BCUT2D eigenvalue weighted by molar-refractivity contribution is 0.102. The van der Waals surface area contributed by atoms with E-state index in [2.05, 4.69) is 15.3 Å². The van der Waals surface area contributed by atoms with Crippen molar-refractivity contribution < 1.29 is 9.53 Å². The molecule has 0 unspecified atom stereocenters. The molecule has 0 aliphatic carbocycles. The number of aromatic nitrogens is 2. The lowest BCUT2D eigenvalue weighted by Crippen LogP contribution is -2.11. The van der Waals surface area contributed by atoms with Crippen LogP contribution in [0, 0.1) is 0 Å². The lowest BCUT2D eigenvalue weighted by Gasteiger charge is -2.07. The molecule has 0 fully saturated rings. The number of nitrogens with zero attached hydrogens (tertiary/aromatic N) is 2. The summed E-state index contributed by atoms with van der Waals surface area (Å²) < 4.78 is 5.59. The number of pyridine rings is 1. The van der Waals surface area contributed by atoms with Gasteiger partial charge >= 0.3 is 0 Å². The van der Waals surface area contributed by atoms with Gasteiger partial charge in [-0.05, 0) is 48.5 Å². The summed E-state index contributed by atoms with van der Waals surface area (Å²) in [7, 11) is 0. The average molecular weight is 347 g/mol. The van der Waals surface area contributed by atoms with E-state index in [0.717, 1.165) is 16.6 Å². The van der Waals surface area contributed by atoms with E-state index >= 15 is 0 Å². The van der Waals surface area contributed by atoms with Gasteiger partial charge in [0.1, 0.15) is 5.75 Å². The SMILES string of the molecule is O=C(Nc1ccc2ncccc2c1)c1ccc(Oc2nccs2)cc1. The monoisotopic (exact) mass is 347 g/mol. The van der Waals surface area contributed by atoms with Crippen molar-refractivity contribution in [3.63, 3.8) is 0 Å². The maximum absolute atomic E-state index is 12.4. The topological polar surface area (TPSA) is 64.1 Å². The van der Waals surface area contributed by atoms with E-state index in [9.17, 15) is 4.79 Å². The highest BCUT2D eigenvalue weighted by Gasteiger charge is 2.08. The van der Waals surface area contributed by atoms with Crippen LogP contribution >= 0.6 is 11.3 Å². The first-order valence-electron chi connectivity index (χ1n) is 7.61. The van der Waals surface area contributed by atoms with Crippen LogP contribution in [0.15, 0.2) is 72.4 Å². The summed E-state index contributed by atoms with van der Waals surface area (Å²) in [6, 6.07) is 16.4. The smallest absolute Gasteiger partial charge is 0.278 e. The number of nitrogens with one attached hydrogen (secondary N) is 1. The fraction of sp³-hybridized carbons (Fsp3) is 0. The van der Waals surface area contributed by atoms with Crippen LogP contribution < -0.4 is 10.1 Å². The van der Waals surface area contributed by atoms with Gasteiger partial charge in [-0.1, -0.05) is 17.4 Å². The van der Waals surface area contributed by atoms with Gasteiger partial charge in [-0.15, -0.1) is 0 Å². The summed E-state index contributed by atoms with van der Waals surface area (Å²) in [6.45, 7) is 0. The van der Waals surface area contributed by atoms with Gasteiger partial charge in [0, 0.05) is 34.4 Å². The molecule has 1 amide bonds. The third-order valence-electron chi connectivity index (χ3n) is 3.59.